The first-order chi connectivity index (χ1) is 12.0. The first-order valence-electron chi connectivity index (χ1n) is 7.91. The largest absolute Gasteiger partial charge is 0.417 e. The molecule has 5 nitrogen and oxygen atoms in total. The summed E-state index contributed by atoms with van der Waals surface area (Å²) in [6.07, 6.45) is 2.79. The van der Waals surface area contributed by atoms with Gasteiger partial charge in [0.15, 0.2) is 0 Å². The highest BCUT2D eigenvalue weighted by molar-refractivity contribution is 5.52. The van der Waals surface area contributed by atoms with Gasteiger partial charge in [0.1, 0.15) is 5.69 Å². The van der Waals surface area contributed by atoms with Crippen LogP contribution in [0.5, 0.6) is 0 Å². The van der Waals surface area contributed by atoms with Crippen LogP contribution in [0.3, 0.4) is 0 Å². The van der Waals surface area contributed by atoms with E-state index in [4.69, 9.17) is 0 Å². The SMILES string of the molecule is FC(F)(F)c1ccc(-c2cn([C@@H]3CCCc4cccnc43)nn2)nc1. The zero-order valence-corrected chi connectivity index (χ0v) is 13.1. The molecular weight excluding hydrogens is 331 g/mol. The fraction of sp³-hybridized carbons (Fsp3) is 0.294. The van der Waals surface area contributed by atoms with Crippen LogP contribution in [-0.4, -0.2) is 25.0 Å². The van der Waals surface area contributed by atoms with Gasteiger partial charge in [0.25, 0.3) is 0 Å². The average Bonchev–Trinajstić information content (AvgIpc) is 3.10. The Morgan fingerprint density at radius 3 is 2.72 bits per heavy atom. The van der Waals surface area contributed by atoms with Gasteiger partial charge in [-0.2, -0.15) is 13.2 Å². The monoisotopic (exact) mass is 345 g/mol. The molecule has 0 unspecified atom stereocenters. The fourth-order valence-corrected chi connectivity index (χ4v) is 3.10. The molecule has 0 aromatic carbocycles. The molecule has 0 N–H and O–H groups in total. The number of nitrogens with zero attached hydrogens (tertiary/aromatic N) is 5. The number of hydrogen-bond donors (Lipinski definition) is 0. The second-order valence-electron chi connectivity index (χ2n) is 5.97. The van der Waals surface area contributed by atoms with Gasteiger partial charge in [0.05, 0.1) is 29.2 Å². The third-order valence-corrected chi connectivity index (χ3v) is 4.35. The van der Waals surface area contributed by atoms with Crippen molar-refractivity contribution >= 4 is 0 Å². The van der Waals surface area contributed by atoms with Gasteiger partial charge in [-0.25, -0.2) is 4.68 Å². The van der Waals surface area contributed by atoms with Gasteiger partial charge in [-0.3, -0.25) is 9.97 Å². The number of halogens is 3. The second-order valence-corrected chi connectivity index (χ2v) is 5.97. The van der Waals surface area contributed by atoms with Crippen molar-refractivity contribution in [3.8, 4) is 11.4 Å². The maximum absolute atomic E-state index is 12.6. The summed E-state index contributed by atoms with van der Waals surface area (Å²) in [5.74, 6) is 0. The molecule has 1 aliphatic rings. The summed E-state index contributed by atoms with van der Waals surface area (Å²) in [6.45, 7) is 0. The molecule has 3 heterocycles. The lowest BCUT2D eigenvalue weighted by Gasteiger charge is -2.23. The van der Waals surface area contributed by atoms with Crippen LogP contribution in [-0.2, 0) is 12.6 Å². The van der Waals surface area contributed by atoms with Crippen LogP contribution in [0, 0.1) is 0 Å². The Morgan fingerprint density at radius 2 is 1.96 bits per heavy atom. The number of aromatic nitrogens is 5. The summed E-state index contributed by atoms with van der Waals surface area (Å²) in [5, 5.41) is 8.22. The second kappa shape index (κ2) is 5.94. The predicted octanol–water partition coefficient (Wildman–Crippen LogP) is 3.68. The van der Waals surface area contributed by atoms with E-state index in [-0.39, 0.29) is 6.04 Å². The molecule has 0 spiro atoms. The third kappa shape index (κ3) is 2.99. The van der Waals surface area contributed by atoms with Crippen molar-refractivity contribution in [3.63, 3.8) is 0 Å². The number of pyridine rings is 2. The molecule has 0 saturated carbocycles. The van der Waals surface area contributed by atoms with Gasteiger partial charge in [0.2, 0.25) is 0 Å². The number of fused-ring (bicyclic) bond motifs is 1. The molecule has 3 aromatic heterocycles. The summed E-state index contributed by atoms with van der Waals surface area (Å²) in [7, 11) is 0. The van der Waals surface area contributed by atoms with E-state index in [0.717, 1.165) is 37.2 Å². The quantitative estimate of drug-likeness (QED) is 0.711. The number of rotatable bonds is 2. The Bertz CT molecular complexity index is 886. The van der Waals surface area contributed by atoms with Gasteiger partial charge >= 0.3 is 6.18 Å². The maximum atomic E-state index is 12.6. The molecule has 0 radical (unpaired) electrons. The van der Waals surface area contributed by atoms with E-state index in [1.165, 1.54) is 11.6 Å². The Labute approximate surface area is 141 Å². The van der Waals surface area contributed by atoms with Crippen molar-refractivity contribution in [2.45, 2.75) is 31.5 Å². The topological polar surface area (TPSA) is 56.5 Å². The minimum absolute atomic E-state index is 0.0133. The van der Waals surface area contributed by atoms with E-state index in [1.54, 1.807) is 17.1 Å². The average molecular weight is 345 g/mol. The number of aryl methyl sites for hydroxylation is 1. The minimum Gasteiger partial charge on any atom is -0.259 e. The van der Waals surface area contributed by atoms with Crippen LogP contribution < -0.4 is 0 Å². The maximum Gasteiger partial charge on any atom is 0.417 e. The molecule has 0 amide bonds. The predicted molar refractivity (Wildman–Crippen MR) is 83.6 cm³/mol. The van der Waals surface area contributed by atoms with Crippen LogP contribution in [0.2, 0.25) is 0 Å². The Morgan fingerprint density at radius 1 is 1.08 bits per heavy atom. The summed E-state index contributed by atoms with van der Waals surface area (Å²) >= 11 is 0. The molecule has 3 aromatic rings. The number of alkyl halides is 3. The van der Waals surface area contributed by atoms with E-state index in [2.05, 4.69) is 26.3 Å². The summed E-state index contributed by atoms with van der Waals surface area (Å²) in [4.78, 5) is 8.34. The zero-order valence-electron chi connectivity index (χ0n) is 13.1. The lowest BCUT2D eigenvalue weighted by Crippen LogP contribution is -2.19. The van der Waals surface area contributed by atoms with Gasteiger partial charge in [-0.1, -0.05) is 11.3 Å². The minimum atomic E-state index is -4.40. The molecule has 25 heavy (non-hydrogen) atoms. The Hall–Kier alpha value is -2.77. The number of hydrogen-bond acceptors (Lipinski definition) is 4. The fourth-order valence-electron chi connectivity index (χ4n) is 3.10. The third-order valence-electron chi connectivity index (χ3n) is 4.35. The van der Waals surface area contributed by atoms with Crippen LogP contribution in [0.15, 0.2) is 42.9 Å². The first kappa shape index (κ1) is 15.7. The normalized spacial score (nSPS) is 17.3. The summed E-state index contributed by atoms with van der Waals surface area (Å²) in [5.41, 5.74) is 2.19. The highest BCUT2D eigenvalue weighted by Gasteiger charge is 2.31. The molecule has 0 saturated heterocycles. The van der Waals surface area contributed by atoms with Crippen LogP contribution >= 0.6 is 0 Å². The van der Waals surface area contributed by atoms with Gasteiger partial charge in [-0.15, -0.1) is 5.10 Å². The molecule has 0 bridgehead atoms. The van der Waals surface area contributed by atoms with E-state index < -0.39 is 11.7 Å². The smallest absolute Gasteiger partial charge is 0.259 e. The van der Waals surface area contributed by atoms with Crippen molar-refractivity contribution in [1.82, 2.24) is 25.0 Å². The molecule has 0 aliphatic heterocycles. The molecular formula is C17H14F3N5. The Balaban J connectivity index is 1.63. The summed E-state index contributed by atoms with van der Waals surface area (Å²) < 4.78 is 39.6. The van der Waals surface area contributed by atoms with E-state index in [9.17, 15) is 13.2 Å². The highest BCUT2D eigenvalue weighted by atomic mass is 19.4. The lowest BCUT2D eigenvalue weighted by molar-refractivity contribution is -0.137. The molecule has 1 atom stereocenters. The van der Waals surface area contributed by atoms with Crippen LogP contribution in [0.4, 0.5) is 13.2 Å². The van der Waals surface area contributed by atoms with Crippen molar-refractivity contribution in [1.29, 1.82) is 0 Å². The van der Waals surface area contributed by atoms with E-state index in [0.29, 0.717) is 11.4 Å². The van der Waals surface area contributed by atoms with Crippen molar-refractivity contribution in [3.05, 3.63) is 59.7 Å². The van der Waals surface area contributed by atoms with Crippen LogP contribution in [0.25, 0.3) is 11.4 Å². The van der Waals surface area contributed by atoms with Gasteiger partial charge < -0.3 is 0 Å². The van der Waals surface area contributed by atoms with Crippen molar-refractivity contribution in [2.75, 3.05) is 0 Å². The van der Waals surface area contributed by atoms with Crippen molar-refractivity contribution < 1.29 is 13.2 Å². The van der Waals surface area contributed by atoms with Gasteiger partial charge in [0, 0.05) is 12.4 Å². The standard InChI is InChI=1S/C17H14F3N5/c18-17(19,20)12-6-7-13(22-9-12)14-10-25(24-23-14)15-5-1-3-11-4-2-8-21-16(11)15/h2,4,6-10,15H,1,3,5H2/t15-/m1/s1. The molecule has 8 heteroatoms. The molecule has 1 aliphatic carbocycles. The van der Waals surface area contributed by atoms with Crippen molar-refractivity contribution in [2.24, 2.45) is 0 Å². The van der Waals surface area contributed by atoms with Gasteiger partial charge in [-0.05, 0) is 43.0 Å². The molecule has 4 rings (SSSR count). The van der Waals surface area contributed by atoms with E-state index >= 15 is 0 Å². The molecule has 128 valence electrons. The first-order valence-corrected chi connectivity index (χ1v) is 7.91. The van der Waals surface area contributed by atoms with Crippen LogP contribution in [0.1, 0.15) is 35.7 Å². The Kier molecular flexibility index (Phi) is 3.74. The summed E-state index contributed by atoms with van der Waals surface area (Å²) in [6, 6.07) is 6.27. The zero-order chi connectivity index (χ0) is 17.4. The highest BCUT2D eigenvalue weighted by Crippen LogP contribution is 2.32. The molecule has 0 fully saturated rings. The lowest BCUT2D eigenvalue weighted by atomic mass is 9.92. The van der Waals surface area contributed by atoms with E-state index in [1.807, 2.05) is 6.07 Å².